The summed E-state index contributed by atoms with van der Waals surface area (Å²) in [6.07, 6.45) is 2.98. The second-order valence-electron chi connectivity index (χ2n) is 5.23. The van der Waals surface area contributed by atoms with Gasteiger partial charge in [0.15, 0.2) is 0 Å². The van der Waals surface area contributed by atoms with Gasteiger partial charge in [0.2, 0.25) is 0 Å². The van der Waals surface area contributed by atoms with E-state index in [9.17, 15) is 9.59 Å². The fourth-order valence-electron chi connectivity index (χ4n) is 2.68. The molecule has 98 valence electrons. The third-order valence-corrected chi connectivity index (χ3v) is 9.26. The van der Waals surface area contributed by atoms with Crippen LogP contribution in [-0.2, 0) is 14.0 Å². The Bertz CT molecular complexity index is 271. The van der Waals surface area contributed by atoms with Gasteiger partial charge in [-0.05, 0) is 22.7 Å². The number of allylic oxidation sites excluding steroid dienone is 1. The summed E-state index contributed by atoms with van der Waals surface area (Å²) in [6.45, 7) is 12.7. The lowest BCUT2D eigenvalue weighted by atomic mass is 10.5. The first kappa shape index (κ1) is 16.1. The lowest BCUT2D eigenvalue weighted by Crippen LogP contribution is -2.49. The first-order valence-electron chi connectivity index (χ1n) is 6.13. The Morgan fingerprint density at radius 3 is 1.71 bits per heavy atom. The quantitative estimate of drug-likeness (QED) is 0.415. The zero-order chi connectivity index (χ0) is 13.6. The molecule has 0 aromatic rings. The molecule has 17 heavy (non-hydrogen) atoms. The lowest BCUT2D eigenvalue weighted by Gasteiger charge is -2.40. The second-order valence-corrected chi connectivity index (χ2v) is 10.6. The van der Waals surface area contributed by atoms with Crippen LogP contribution < -0.4 is 0 Å². The van der Waals surface area contributed by atoms with Crippen molar-refractivity contribution in [2.24, 2.45) is 0 Å². The molecule has 0 aliphatic heterocycles. The number of aldehydes is 1. The molecule has 3 nitrogen and oxygen atoms in total. The molecule has 0 spiro atoms. The molecule has 0 aliphatic carbocycles. The topological polar surface area (TPSA) is 43.4 Å². The van der Waals surface area contributed by atoms with E-state index in [0.717, 1.165) is 0 Å². The van der Waals surface area contributed by atoms with E-state index in [2.05, 4.69) is 41.5 Å². The number of hydrogen-bond acceptors (Lipinski definition) is 3. The summed E-state index contributed by atoms with van der Waals surface area (Å²) in [4.78, 5) is 21.9. The minimum atomic E-state index is -2.16. The zero-order valence-electron chi connectivity index (χ0n) is 11.7. The fourth-order valence-corrected chi connectivity index (χ4v) is 7.80. The monoisotopic (exact) mass is 256 g/mol. The molecule has 0 N–H and O–H groups in total. The van der Waals surface area contributed by atoms with Crippen LogP contribution in [0.4, 0.5) is 0 Å². The van der Waals surface area contributed by atoms with Gasteiger partial charge in [0.05, 0.1) is 0 Å². The fraction of sp³-hybridized carbons (Fsp3) is 0.692. The van der Waals surface area contributed by atoms with Crippen LogP contribution in [0, 0.1) is 0 Å². The SMILES string of the molecule is CC(C)[Si](OC(=O)/C=C\C=O)(C(C)C)C(C)C. The van der Waals surface area contributed by atoms with Crippen molar-refractivity contribution in [1.82, 2.24) is 0 Å². The molecular formula is C13H24O3Si. The van der Waals surface area contributed by atoms with E-state index < -0.39 is 8.32 Å². The van der Waals surface area contributed by atoms with Crippen molar-refractivity contribution < 1.29 is 14.0 Å². The summed E-state index contributed by atoms with van der Waals surface area (Å²) >= 11 is 0. The Balaban J connectivity index is 5.12. The van der Waals surface area contributed by atoms with Gasteiger partial charge < -0.3 is 4.43 Å². The molecule has 0 rings (SSSR count). The van der Waals surface area contributed by atoms with Gasteiger partial charge in [-0.3, -0.25) is 4.79 Å². The maximum atomic E-state index is 11.7. The molecular weight excluding hydrogens is 232 g/mol. The molecule has 0 bridgehead atoms. The van der Waals surface area contributed by atoms with E-state index in [1.165, 1.54) is 12.2 Å². The van der Waals surface area contributed by atoms with Crippen LogP contribution in [0.25, 0.3) is 0 Å². The molecule has 0 heterocycles. The molecule has 0 radical (unpaired) electrons. The van der Waals surface area contributed by atoms with Crippen LogP contribution in [0.15, 0.2) is 12.2 Å². The van der Waals surface area contributed by atoms with Crippen molar-refractivity contribution in [2.75, 3.05) is 0 Å². The number of carbonyl (C=O) groups is 2. The highest BCUT2D eigenvalue weighted by atomic mass is 28.4. The van der Waals surface area contributed by atoms with Crippen molar-refractivity contribution in [1.29, 1.82) is 0 Å². The normalized spacial score (nSPS) is 12.8. The van der Waals surface area contributed by atoms with Crippen LogP contribution >= 0.6 is 0 Å². The maximum Gasteiger partial charge on any atom is 0.317 e. The van der Waals surface area contributed by atoms with Crippen LogP contribution in [0.3, 0.4) is 0 Å². The molecule has 4 heteroatoms. The number of hydrogen-bond donors (Lipinski definition) is 0. The molecule has 0 aliphatic rings. The number of carbonyl (C=O) groups excluding carboxylic acids is 2. The van der Waals surface area contributed by atoms with Crippen LogP contribution in [0.5, 0.6) is 0 Å². The minimum absolute atomic E-state index is 0.357. The van der Waals surface area contributed by atoms with Gasteiger partial charge in [0.1, 0.15) is 6.29 Å². The van der Waals surface area contributed by atoms with Crippen LogP contribution in [0.1, 0.15) is 41.5 Å². The van der Waals surface area contributed by atoms with Gasteiger partial charge in [-0.1, -0.05) is 41.5 Å². The molecule has 0 amide bonds. The molecule has 0 atom stereocenters. The Morgan fingerprint density at radius 2 is 1.41 bits per heavy atom. The Hall–Kier alpha value is -0.903. The summed E-state index contributed by atoms with van der Waals surface area (Å²) in [6, 6.07) is 0. The lowest BCUT2D eigenvalue weighted by molar-refractivity contribution is -0.130. The Morgan fingerprint density at radius 1 is 1.00 bits per heavy atom. The third-order valence-electron chi connectivity index (χ3n) is 3.30. The van der Waals surface area contributed by atoms with E-state index in [4.69, 9.17) is 4.43 Å². The summed E-state index contributed by atoms with van der Waals surface area (Å²) < 4.78 is 5.78. The first-order chi connectivity index (χ1) is 7.78. The average molecular weight is 256 g/mol. The predicted octanol–water partition coefficient (Wildman–Crippen LogP) is 3.46. The molecule has 0 fully saturated rings. The maximum absolute atomic E-state index is 11.7. The second kappa shape index (κ2) is 6.74. The van der Waals surface area contributed by atoms with E-state index in [0.29, 0.717) is 22.9 Å². The van der Waals surface area contributed by atoms with Gasteiger partial charge in [0, 0.05) is 6.08 Å². The summed E-state index contributed by atoms with van der Waals surface area (Å²) in [5.74, 6) is -0.389. The predicted molar refractivity (Wildman–Crippen MR) is 72.3 cm³/mol. The van der Waals surface area contributed by atoms with Gasteiger partial charge in [-0.25, -0.2) is 4.79 Å². The zero-order valence-corrected chi connectivity index (χ0v) is 12.7. The summed E-state index contributed by atoms with van der Waals surface area (Å²) in [5.41, 5.74) is 1.07. The van der Waals surface area contributed by atoms with Crippen molar-refractivity contribution in [3.05, 3.63) is 12.2 Å². The molecule has 0 saturated carbocycles. The smallest absolute Gasteiger partial charge is 0.317 e. The molecule has 0 unspecified atom stereocenters. The summed E-state index contributed by atoms with van der Waals surface area (Å²) in [7, 11) is -2.16. The van der Waals surface area contributed by atoms with Gasteiger partial charge in [0.25, 0.3) is 8.32 Å². The van der Waals surface area contributed by atoms with Gasteiger partial charge in [-0.2, -0.15) is 0 Å². The molecule has 0 aromatic heterocycles. The average Bonchev–Trinajstić information content (AvgIpc) is 2.21. The highest BCUT2D eigenvalue weighted by Crippen LogP contribution is 2.42. The largest absolute Gasteiger partial charge is 0.515 e. The summed E-state index contributed by atoms with van der Waals surface area (Å²) in [5, 5.41) is 0. The van der Waals surface area contributed by atoms with E-state index in [-0.39, 0.29) is 5.97 Å². The molecule has 0 saturated heterocycles. The van der Waals surface area contributed by atoms with Crippen molar-refractivity contribution in [3.63, 3.8) is 0 Å². The van der Waals surface area contributed by atoms with Crippen LogP contribution in [0.2, 0.25) is 16.6 Å². The van der Waals surface area contributed by atoms with Gasteiger partial charge in [-0.15, -0.1) is 0 Å². The number of rotatable bonds is 6. The Labute approximate surface area is 105 Å². The van der Waals surface area contributed by atoms with Crippen molar-refractivity contribution in [2.45, 2.75) is 58.2 Å². The highest BCUT2D eigenvalue weighted by Gasteiger charge is 2.47. The Kier molecular flexibility index (Phi) is 6.38. The van der Waals surface area contributed by atoms with E-state index >= 15 is 0 Å². The minimum Gasteiger partial charge on any atom is -0.515 e. The standard InChI is InChI=1S/C13H24O3Si/c1-10(2)17(11(3)4,12(5)6)16-13(15)8-7-9-14/h7-12H,1-6H3/b8-7-. The van der Waals surface area contributed by atoms with Crippen LogP contribution in [-0.4, -0.2) is 20.6 Å². The molecule has 0 aromatic carbocycles. The third kappa shape index (κ3) is 3.80. The highest BCUT2D eigenvalue weighted by molar-refractivity contribution is 6.79. The van der Waals surface area contributed by atoms with Crippen molar-refractivity contribution >= 4 is 20.6 Å². The van der Waals surface area contributed by atoms with E-state index in [1.54, 1.807) is 0 Å². The van der Waals surface area contributed by atoms with Crippen molar-refractivity contribution in [3.8, 4) is 0 Å². The van der Waals surface area contributed by atoms with Gasteiger partial charge >= 0.3 is 5.97 Å². The van der Waals surface area contributed by atoms with E-state index in [1.807, 2.05) is 0 Å². The first-order valence-corrected chi connectivity index (χ1v) is 8.27.